The summed E-state index contributed by atoms with van der Waals surface area (Å²) >= 11 is 0. The molecule has 31 heavy (non-hydrogen) atoms. The van der Waals surface area contributed by atoms with Gasteiger partial charge in [-0.15, -0.1) is 0 Å². The average molecular weight is 442 g/mol. The van der Waals surface area contributed by atoms with Crippen LogP contribution in [0.3, 0.4) is 0 Å². The van der Waals surface area contributed by atoms with E-state index in [-0.39, 0.29) is 30.8 Å². The van der Waals surface area contributed by atoms with Gasteiger partial charge in [-0.1, -0.05) is 42.5 Å². The maximum absolute atomic E-state index is 12.8. The molecule has 0 saturated carbocycles. The van der Waals surface area contributed by atoms with Crippen LogP contribution in [0.15, 0.2) is 60.0 Å². The van der Waals surface area contributed by atoms with Crippen LogP contribution >= 0.6 is 0 Å². The minimum absolute atomic E-state index is 0.193. The summed E-state index contributed by atoms with van der Waals surface area (Å²) in [6, 6.07) is 16.1. The van der Waals surface area contributed by atoms with Gasteiger partial charge in [0.1, 0.15) is 0 Å². The summed E-state index contributed by atoms with van der Waals surface area (Å²) in [4.78, 5) is 26.6. The molecule has 0 radical (unpaired) electrons. The summed E-state index contributed by atoms with van der Waals surface area (Å²) in [6.45, 7) is 0.551. The fourth-order valence-electron chi connectivity index (χ4n) is 3.44. The van der Waals surface area contributed by atoms with Crippen molar-refractivity contribution in [2.24, 2.45) is 5.92 Å². The van der Waals surface area contributed by atoms with Crippen LogP contribution < -0.4 is 5.32 Å². The van der Waals surface area contributed by atoms with Crippen LogP contribution in [0.25, 0.3) is 6.08 Å². The molecule has 2 aromatic rings. The van der Waals surface area contributed by atoms with Crippen molar-refractivity contribution in [1.82, 2.24) is 9.21 Å². The number of anilines is 1. The Bertz CT molecular complexity index is 1060. The Morgan fingerprint density at radius 1 is 1.00 bits per heavy atom. The quantitative estimate of drug-likeness (QED) is 0.747. The van der Waals surface area contributed by atoms with Crippen molar-refractivity contribution in [2.75, 3.05) is 32.5 Å². The van der Waals surface area contributed by atoms with E-state index < -0.39 is 10.0 Å². The zero-order valence-electron chi connectivity index (χ0n) is 17.7. The Labute approximate surface area is 183 Å². The lowest BCUT2D eigenvalue weighted by Gasteiger charge is -2.29. The highest BCUT2D eigenvalue weighted by Crippen LogP contribution is 2.24. The molecular weight excluding hydrogens is 414 g/mol. The van der Waals surface area contributed by atoms with Crippen LogP contribution in [0, 0.1) is 5.92 Å². The third kappa shape index (κ3) is 5.80. The summed E-state index contributed by atoms with van der Waals surface area (Å²) in [5.74, 6) is -0.704. The summed E-state index contributed by atoms with van der Waals surface area (Å²) in [5, 5.41) is 4.06. The zero-order chi connectivity index (χ0) is 22.4. The lowest BCUT2D eigenvalue weighted by atomic mass is 9.97. The molecule has 164 valence electrons. The molecule has 3 rings (SSSR count). The van der Waals surface area contributed by atoms with Crippen LogP contribution in [0.5, 0.6) is 0 Å². The summed E-state index contributed by atoms with van der Waals surface area (Å²) in [7, 11) is -0.234. The van der Waals surface area contributed by atoms with Gasteiger partial charge in [-0.3, -0.25) is 9.59 Å². The van der Waals surface area contributed by atoms with Crippen LogP contribution in [-0.2, 0) is 14.8 Å². The number of nitrogens with one attached hydrogen (secondary N) is 1. The Morgan fingerprint density at radius 2 is 1.61 bits per heavy atom. The number of carbonyl (C=O) groups is 2. The number of amides is 2. The van der Waals surface area contributed by atoms with Crippen molar-refractivity contribution < 1.29 is 18.0 Å². The molecule has 0 spiro atoms. The lowest BCUT2D eigenvalue weighted by molar-refractivity contribution is -0.120. The molecule has 2 amide bonds. The van der Waals surface area contributed by atoms with E-state index in [1.165, 1.54) is 14.6 Å². The number of rotatable bonds is 6. The first-order chi connectivity index (χ1) is 14.8. The number of carbonyl (C=O) groups excluding carboxylic acids is 2. The summed E-state index contributed by atoms with van der Waals surface area (Å²) in [5.41, 5.74) is 1.70. The van der Waals surface area contributed by atoms with Crippen LogP contribution in [-0.4, -0.2) is 56.6 Å². The van der Waals surface area contributed by atoms with E-state index in [4.69, 9.17) is 0 Å². The molecule has 0 atom stereocenters. The van der Waals surface area contributed by atoms with Crippen LogP contribution in [0.1, 0.15) is 28.8 Å². The van der Waals surface area contributed by atoms with E-state index in [9.17, 15) is 18.0 Å². The van der Waals surface area contributed by atoms with Crippen LogP contribution in [0.4, 0.5) is 5.69 Å². The molecule has 0 aliphatic carbocycles. The van der Waals surface area contributed by atoms with E-state index in [1.807, 2.05) is 30.3 Å². The van der Waals surface area contributed by atoms with E-state index >= 15 is 0 Å². The zero-order valence-corrected chi connectivity index (χ0v) is 18.5. The third-order valence-electron chi connectivity index (χ3n) is 5.24. The number of benzene rings is 2. The molecule has 2 aromatic carbocycles. The van der Waals surface area contributed by atoms with Crippen molar-refractivity contribution >= 4 is 33.6 Å². The predicted molar refractivity (Wildman–Crippen MR) is 122 cm³/mol. The monoisotopic (exact) mass is 441 g/mol. The van der Waals surface area contributed by atoms with Gasteiger partial charge in [0.2, 0.25) is 15.9 Å². The van der Waals surface area contributed by atoms with E-state index in [0.717, 1.165) is 5.56 Å². The van der Waals surface area contributed by atoms with E-state index in [0.29, 0.717) is 24.1 Å². The topological polar surface area (TPSA) is 86.8 Å². The highest BCUT2D eigenvalue weighted by molar-refractivity contribution is 7.92. The molecule has 1 N–H and O–H groups in total. The van der Waals surface area contributed by atoms with Gasteiger partial charge in [-0.05, 0) is 36.6 Å². The van der Waals surface area contributed by atoms with Crippen molar-refractivity contribution in [3.05, 3.63) is 71.1 Å². The van der Waals surface area contributed by atoms with E-state index in [2.05, 4.69) is 5.32 Å². The van der Waals surface area contributed by atoms with Crippen molar-refractivity contribution in [3.8, 4) is 0 Å². The Kier molecular flexibility index (Phi) is 7.25. The average Bonchev–Trinajstić information content (AvgIpc) is 2.78. The first-order valence-electron chi connectivity index (χ1n) is 10.1. The minimum atomic E-state index is -3.55. The smallest absolute Gasteiger partial charge is 0.255 e. The van der Waals surface area contributed by atoms with Crippen molar-refractivity contribution in [2.45, 2.75) is 12.8 Å². The molecule has 1 aliphatic rings. The van der Waals surface area contributed by atoms with Gasteiger partial charge < -0.3 is 10.2 Å². The lowest BCUT2D eigenvalue weighted by Crippen LogP contribution is -2.40. The largest absolute Gasteiger partial charge is 0.345 e. The standard InChI is InChI=1S/C23H27N3O4S/c1-25(2)23(28)20-10-6-7-11-21(20)24-22(27)19-12-15-26(16-13-19)31(29,30)17-14-18-8-4-3-5-9-18/h3-11,14,17,19H,12-13,15-16H2,1-2H3,(H,24,27)/b17-14+. The normalized spacial score (nSPS) is 15.7. The number of hydrogen-bond donors (Lipinski definition) is 1. The number of nitrogens with zero attached hydrogens (tertiary/aromatic N) is 2. The van der Waals surface area contributed by atoms with Gasteiger partial charge in [0, 0.05) is 38.5 Å². The maximum atomic E-state index is 12.8. The molecule has 1 saturated heterocycles. The molecule has 1 fully saturated rings. The highest BCUT2D eigenvalue weighted by Gasteiger charge is 2.30. The molecule has 8 heteroatoms. The second-order valence-corrected chi connectivity index (χ2v) is 9.48. The minimum Gasteiger partial charge on any atom is -0.345 e. The van der Waals surface area contributed by atoms with Gasteiger partial charge in [0.15, 0.2) is 0 Å². The molecule has 0 bridgehead atoms. The van der Waals surface area contributed by atoms with E-state index in [1.54, 1.807) is 44.4 Å². The van der Waals surface area contributed by atoms with Gasteiger partial charge in [-0.25, -0.2) is 8.42 Å². The Balaban J connectivity index is 1.60. The van der Waals surface area contributed by atoms with Gasteiger partial charge in [-0.2, -0.15) is 4.31 Å². The predicted octanol–water partition coefficient (Wildman–Crippen LogP) is 3.04. The molecule has 0 aromatic heterocycles. The first-order valence-corrected chi connectivity index (χ1v) is 11.6. The fourth-order valence-corrected chi connectivity index (χ4v) is 4.66. The fraction of sp³-hybridized carbons (Fsp3) is 0.304. The molecule has 1 aliphatic heterocycles. The Morgan fingerprint density at radius 3 is 2.26 bits per heavy atom. The van der Waals surface area contributed by atoms with Crippen molar-refractivity contribution in [1.29, 1.82) is 0 Å². The van der Waals surface area contributed by atoms with Gasteiger partial charge in [0.05, 0.1) is 11.3 Å². The molecule has 1 heterocycles. The molecule has 7 nitrogen and oxygen atoms in total. The SMILES string of the molecule is CN(C)C(=O)c1ccccc1NC(=O)C1CCN(S(=O)(=O)/C=C/c2ccccc2)CC1. The second kappa shape index (κ2) is 9.89. The second-order valence-electron chi connectivity index (χ2n) is 7.67. The maximum Gasteiger partial charge on any atom is 0.255 e. The first kappa shape index (κ1) is 22.7. The van der Waals surface area contributed by atoms with Crippen molar-refractivity contribution in [3.63, 3.8) is 0 Å². The number of hydrogen-bond acceptors (Lipinski definition) is 4. The third-order valence-corrected chi connectivity index (χ3v) is 6.80. The van der Waals surface area contributed by atoms with Gasteiger partial charge in [0.25, 0.3) is 5.91 Å². The Hall–Kier alpha value is -2.97. The molecular formula is C23H27N3O4S. The summed E-state index contributed by atoms with van der Waals surface area (Å²) in [6.07, 6.45) is 2.43. The van der Waals surface area contributed by atoms with Gasteiger partial charge >= 0.3 is 0 Å². The number of piperidine rings is 1. The molecule has 0 unspecified atom stereocenters. The number of para-hydroxylation sites is 1. The highest BCUT2D eigenvalue weighted by atomic mass is 32.2. The number of sulfonamides is 1. The van der Waals surface area contributed by atoms with Crippen LogP contribution in [0.2, 0.25) is 0 Å². The summed E-state index contributed by atoms with van der Waals surface area (Å²) < 4.78 is 26.6.